The Bertz CT molecular complexity index is 752. The fourth-order valence-corrected chi connectivity index (χ4v) is 2.35. The van der Waals surface area contributed by atoms with Crippen LogP contribution in [0.3, 0.4) is 0 Å². The van der Waals surface area contributed by atoms with Crippen molar-refractivity contribution in [2.75, 3.05) is 5.73 Å². The quantitative estimate of drug-likeness (QED) is 0.778. The first-order valence-corrected chi connectivity index (χ1v) is 6.18. The van der Waals surface area contributed by atoms with E-state index in [0.29, 0.717) is 28.3 Å². The number of benzene rings is 2. The Morgan fingerprint density at radius 2 is 2.00 bits per heavy atom. The van der Waals surface area contributed by atoms with Gasteiger partial charge < -0.3 is 5.73 Å². The molecule has 0 amide bonds. The molecule has 0 atom stereocenters. The number of nitrogens with zero attached hydrogens (tertiary/aromatic N) is 2. The standard InChI is InChI=1S/C14H11ClFN3/c15-10-4-1-3-9(7-10)8-19-13-11(14(17)18-19)5-2-6-12(13)16/h1-7H,8H2,(H2,17,18). The van der Waals surface area contributed by atoms with E-state index >= 15 is 0 Å². The Morgan fingerprint density at radius 3 is 2.79 bits per heavy atom. The highest BCUT2D eigenvalue weighted by Gasteiger charge is 2.12. The van der Waals surface area contributed by atoms with E-state index in [1.54, 1.807) is 22.9 Å². The van der Waals surface area contributed by atoms with E-state index in [1.165, 1.54) is 6.07 Å². The molecule has 0 fully saturated rings. The van der Waals surface area contributed by atoms with Gasteiger partial charge in [0.15, 0.2) is 5.82 Å². The van der Waals surface area contributed by atoms with Gasteiger partial charge in [-0.1, -0.05) is 29.8 Å². The van der Waals surface area contributed by atoms with Crippen LogP contribution in [0.25, 0.3) is 10.9 Å². The Hall–Kier alpha value is -2.07. The zero-order valence-corrected chi connectivity index (χ0v) is 10.7. The number of hydrogen-bond acceptors (Lipinski definition) is 2. The highest BCUT2D eigenvalue weighted by atomic mass is 35.5. The molecule has 0 saturated heterocycles. The van der Waals surface area contributed by atoms with Crippen LogP contribution in [0.15, 0.2) is 42.5 Å². The SMILES string of the molecule is Nc1nn(Cc2cccc(Cl)c2)c2c(F)cccc12. The van der Waals surface area contributed by atoms with Crippen molar-refractivity contribution in [3.05, 3.63) is 58.9 Å². The number of fused-ring (bicyclic) bond motifs is 1. The van der Waals surface area contributed by atoms with E-state index in [1.807, 2.05) is 18.2 Å². The second kappa shape index (κ2) is 4.55. The summed E-state index contributed by atoms with van der Waals surface area (Å²) in [6, 6.07) is 12.2. The van der Waals surface area contributed by atoms with E-state index in [0.717, 1.165) is 5.56 Å². The summed E-state index contributed by atoms with van der Waals surface area (Å²) in [5, 5.41) is 5.45. The van der Waals surface area contributed by atoms with Gasteiger partial charge in [-0.15, -0.1) is 0 Å². The fraction of sp³-hybridized carbons (Fsp3) is 0.0714. The fourth-order valence-electron chi connectivity index (χ4n) is 2.14. The van der Waals surface area contributed by atoms with E-state index in [9.17, 15) is 4.39 Å². The van der Waals surface area contributed by atoms with Crippen molar-refractivity contribution in [3.63, 3.8) is 0 Å². The first kappa shape index (κ1) is 12.0. The molecule has 19 heavy (non-hydrogen) atoms. The predicted octanol–water partition coefficient (Wildman–Crippen LogP) is 3.46. The van der Waals surface area contributed by atoms with Gasteiger partial charge in [-0.2, -0.15) is 5.10 Å². The highest BCUT2D eigenvalue weighted by molar-refractivity contribution is 6.30. The molecule has 2 aromatic carbocycles. The number of rotatable bonds is 2. The van der Waals surface area contributed by atoms with E-state index in [2.05, 4.69) is 5.10 Å². The first-order valence-electron chi connectivity index (χ1n) is 5.80. The Kier molecular flexibility index (Phi) is 2.87. The maximum absolute atomic E-state index is 13.9. The number of nitrogen functional groups attached to an aromatic ring is 1. The van der Waals surface area contributed by atoms with E-state index < -0.39 is 0 Å². The van der Waals surface area contributed by atoms with Gasteiger partial charge in [-0.05, 0) is 29.8 Å². The molecule has 0 aliphatic carbocycles. The Morgan fingerprint density at radius 1 is 1.21 bits per heavy atom. The van der Waals surface area contributed by atoms with Gasteiger partial charge in [0.1, 0.15) is 11.3 Å². The molecule has 96 valence electrons. The molecule has 1 aromatic heterocycles. The second-order valence-electron chi connectivity index (χ2n) is 4.31. The van der Waals surface area contributed by atoms with Crippen LogP contribution in [-0.4, -0.2) is 9.78 Å². The number of aromatic nitrogens is 2. The molecule has 0 spiro atoms. The molecule has 0 unspecified atom stereocenters. The minimum absolute atomic E-state index is 0.330. The number of para-hydroxylation sites is 1. The van der Waals surface area contributed by atoms with Gasteiger partial charge in [-0.3, -0.25) is 4.68 Å². The van der Waals surface area contributed by atoms with Gasteiger partial charge in [0.25, 0.3) is 0 Å². The maximum atomic E-state index is 13.9. The Labute approximate surface area is 114 Å². The third-order valence-corrected chi connectivity index (χ3v) is 3.21. The molecule has 2 N–H and O–H groups in total. The van der Waals surface area contributed by atoms with Crippen molar-refractivity contribution in [2.45, 2.75) is 6.54 Å². The summed E-state index contributed by atoms with van der Waals surface area (Å²) in [5.41, 5.74) is 7.17. The van der Waals surface area contributed by atoms with Gasteiger partial charge in [0.2, 0.25) is 0 Å². The Balaban J connectivity index is 2.11. The third kappa shape index (κ3) is 2.15. The summed E-state index contributed by atoms with van der Waals surface area (Å²) in [6.07, 6.45) is 0. The summed E-state index contributed by atoms with van der Waals surface area (Å²) < 4.78 is 15.5. The summed E-state index contributed by atoms with van der Waals surface area (Å²) in [6.45, 7) is 0.426. The topological polar surface area (TPSA) is 43.8 Å². The number of halogens is 2. The highest BCUT2D eigenvalue weighted by Crippen LogP contribution is 2.24. The van der Waals surface area contributed by atoms with Gasteiger partial charge in [-0.25, -0.2) is 4.39 Å². The normalized spacial score (nSPS) is 11.1. The predicted molar refractivity (Wildman–Crippen MR) is 74.7 cm³/mol. The number of hydrogen-bond donors (Lipinski definition) is 1. The van der Waals surface area contributed by atoms with Crippen LogP contribution in [0.2, 0.25) is 5.02 Å². The van der Waals surface area contributed by atoms with Crippen molar-refractivity contribution in [2.24, 2.45) is 0 Å². The van der Waals surface area contributed by atoms with Crippen molar-refractivity contribution in [1.82, 2.24) is 9.78 Å². The largest absolute Gasteiger partial charge is 0.382 e. The van der Waals surface area contributed by atoms with Crippen LogP contribution in [0.5, 0.6) is 0 Å². The average molecular weight is 276 g/mol. The van der Waals surface area contributed by atoms with Crippen LogP contribution in [0, 0.1) is 5.82 Å². The molecule has 3 nitrogen and oxygen atoms in total. The van der Waals surface area contributed by atoms with Gasteiger partial charge >= 0.3 is 0 Å². The van der Waals surface area contributed by atoms with Crippen LogP contribution < -0.4 is 5.73 Å². The molecular weight excluding hydrogens is 265 g/mol. The number of anilines is 1. The maximum Gasteiger partial charge on any atom is 0.153 e. The number of nitrogens with two attached hydrogens (primary N) is 1. The minimum Gasteiger partial charge on any atom is -0.382 e. The van der Waals surface area contributed by atoms with Gasteiger partial charge in [0.05, 0.1) is 6.54 Å². The third-order valence-electron chi connectivity index (χ3n) is 2.97. The summed E-state index contributed by atoms with van der Waals surface area (Å²) in [7, 11) is 0. The summed E-state index contributed by atoms with van der Waals surface area (Å²) >= 11 is 5.94. The molecule has 3 aromatic rings. The molecule has 0 aliphatic heterocycles. The molecule has 5 heteroatoms. The lowest BCUT2D eigenvalue weighted by molar-refractivity contribution is 0.617. The first-order chi connectivity index (χ1) is 9.15. The molecule has 0 saturated carbocycles. The van der Waals surface area contributed by atoms with Crippen LogP contribution in [0.4, 0.5) is 10.2 Å². The smallest absolute Gasteiger partial charge is 0.153 e. The van der Waals surface area contributed by atoms with Crippen molar-refractivity contribution in [1.29, 1.82) is 0 Å². The average Bonchev–Trinajstić information content (AvgIpc) is 2.68. The summed E-state index contributed by atoms with van der Waals surface area (Å²) in [4.78, 5) is 0. The molecular formula is C14H11ClFN3. The zero-order valence-electron chi connectivity index (χ0n) is 9.98. The molecule has 0 radical (unpaired) electrons. The zero-order chi connectivity index (χ0) is 13.4. The van der Waals surface area contributed by atoms with Crippen LogP contribution >= 0.6 is 11.6 Å². The second-order valence-corrected chi connectivity index (χ2v) is 4.75. The lowest BCUT2D eigenvalue weighted by Crippen LogP contribution is -2.03. The monoisotopic (exact) mass is 275 g/mol. The van der Waals surface area contributed by atoms with E-state index in [4.69, 9.17) is 17.3 Å². The van der Waals surface area contributed by atoms with E-state index in [-0.39, 0.29) is 5.82 Å². The lowest BCUT2D eigenvalue weighted by atomic mass is 10.2. The molecule has 0 aliphatic rings. The van der Waals surface area contributed by atoms with Crippen molar-refractivity contribution >= 4 is 28.3 Å². The van der Waals surface area contributed by atoms with Crippen LogP contribution in [0.1, 0.15) is 5.56 Å². The molecule has 0 bridgehead atoms. The van der Waals surface area contributed by atoms with Crippen molar-refractivity contribution < 1.29 is 4.39 Å². The minimum atomic E-state index is -0.330. The van der Waals surface area contributed by atoms with Crippen LogP contribution in [-0.2, 0) is 6.54 Å². The summed E-state index contributed by atoms with van der Waals surface area (Å²) in [5.74, 6) is 0.000237. The van der Waals surface area contributed by atoms with Gasteiger partial charge in [0, 0.05) is 10.4 Å². The molecule has 1 heterocycles. The van der Waals surface area contributed by atoms with Crippen molar-refractivity contribution in [3.8, 4) is 0 Å². The molecule has 3 rings (SSSR count). The lowest BCUT2D eigenvalue weighted by Gasteiger charge is -2.04.